The van der Waals surface area contributed by atoms with Gasteiger partial charge in [0.05, 0.1) is 27.5 Å². The van der Waals surface area contributed by atoms with Gasteiger partial charge in [-0.25, -0.2) is 0 Å². The lowest BCUT2D eigenvalue weighted by molar-refractivity contribution is -0.274. The van der Waals surface area contributed by atoms with Crippen molar-refractivity contribution >= 4 is 44.3 Å². The molecule has 30 heavy (non-hydrogen) atoms. The van der Waals surface area contributed by atoms with Gasteiger partial charge in [0, 0.05) is 17.1 Å². The van der Waals surface area contributed by atoms with Crippen LogP contribution in [-0.4, -0.2) is 22.1 Å². The van der Waals surface area contributed by atoms with Crippen molar-refractivity contribution in [2.24, 2.45) is 5.73 Å². The Kier molecular flexibility index (Phi) is 5.71. The third-order valence-electron chi connectivity index (χ3n) is 4.43. The molecule has 0 aliphatic carbocycles. The lowest BCUT2D eigenvalue weighted by atomic mass is 9.80. The van der Waals surface area contributed by atoms with E-state index in [4.69, 9.17) is 17.3 Å². The second-order valence-corrected chi connectivity index (χ2v) is 7.89. The minimum Gasteiger partial charge on any atom is -0.406 e. The van der Waals surface area contributed by atoms with Gasteiger partial charge in [-0.2, -0.15) is 10.4 Å². The number of fused-ring (bicyclic) bond motifs is 1. The fraction of sp³-hybridized carbons (Fsp3) is 0.211. The number of carbonyl (C=O) groups is 1. The Labute approximate surface area is 182 Å². The molecule has 1 atom stereocenters. The lowest BCUT2D eigenvalue weighted by Gasteiger charge is -2.25. The number of rotatable bonds is 5. The van der Waals surface area contributed by atoms with E-state index in [0.29, 0.717) is 15.0 Å². The summed E-state index contributed by atoms with van der Waals surface area (Å²) >= 11 is 9.42. The highest BCUT2D eigenvalue weighted by Gasteiger charge is 2.35. The number of nitrogens with two attached hydrogens (primary N) is 1. The van der Waals surface area contributed by atoms with Crippen LogP contribution in [0.5, 0.6) is 5.75 Å². The predicted octanol–water partition coefficient (Wildman–Crippen LogP) is 4.93. The van der Waals surface area contributed by atoms with Crippen LogP contribution in [0.4, 0.5) is 13.2 Å². The summed E-state index contributed by atoms with van der Waals surface area (Å²) in [6.07, 6.45) is -3.27. The minimum absolute atomic E-state index is 0.00379. The highest BCUT2D eigenvalue weighted by molar-refractivity contribution is 9.10. The van der Waals surface area contributed by atoms with Gasteiger partial charge in [-0.3, -0.25) is 9.48 Å². The molecular formula is C19H13BrClF3N4O2. The van der Waals surface area contributed by atoms with Crippen LogP contribution < -0.4 is 10.5 Å². The van der Waals surface area contributed by atoms with Crippen LogP contribution in [0.3, 0.4) is 0 Å². The summed E-state index contributed by atoms with van der Waals surface area (Å²) in [5.74, 6) is -1.45. The number of amides is 1. The molecule has 0 fully saturated rings. The van der Waals surface area contributed by atoms with Crippen LogP contribution >= 0.6 is 27.5 Å². The van der Waals surface area contributed by atoms with Gasteiger partial charge in [-0.1, -0.05) is 11.6 Å². The van der Waals surface area contributed by atoms with E-state index in [1.807, 2.05) is 0 Å². The maximum atomic E-state index is 12.6. The van der Waals surface area contributed by atoms with E-state index in [2.05, 4.69) is 31.8 Å². The molecule has 3 rings (SSSR count). The van der Waals surface area contributed by atoms with E-state index in [1.165, 1.54) is 11.6 Å². The van der Waals surface area contributed by atoms with E-state index >= 15 is 0 Å². The summed E-state index contributed by atoms with van der Waals surface area (Å²) in [6.45, 7) is 1.40. The Balaban J connectivity index is 2.09. The fourth-order valence-corrected chi connectivity index (χ4v) is 3.65. The van der Waals surface area contributed by atoms with Gasteiger partial charge in [0.2, 0.25) is 5.91 Å². The van der Waals surface area contributed by atoms with Crippen LogP contribution in [0.1, 0.15) is 22.8 Å². The Hall–Kier alpha value is -2.77. The van der Waals surface area contributed by atoms with Crippen molar-refractivity contribution in [3.63, 3.8) is 0 Å². The maximum absolute atomic E-state index is 12.6. The van der Waals surface area contributed by atoms with E-state index < -0.39 is 23.4 Å². The first-order valence-electron chi connectivity index (χ1n) is 8.36. The number of halogens is 5. The second-order valence-electron chi connectivity index (χ2n) is 6.69. The number of nitriles is 1. The summed E-state index contributed by atoms with van der Waals surface area (Å²) in [5.41, 5.74) is 4.39. The van der Waals surface area contributed by atoms with Gasteiger partial charge < -0.3 is 10.5 Å². The highest BCUT2D eigenvalue weighted by atomic mass is 79.9. The van der Waals surface area contributed by atoms with Crippen molar-refractivity contribution in [3.05, 3.63) is 57.2 Å². The van der Waals surface area contributed by atoms with E-state index in [1.54, 1.807) is 18.3 Å². The lowest BCUT2D eigenvalue weighted by Crippen LogP contribution is -2.30. The largest absolute Gasteiger partial charge is 0.573 e. The standard InChI is InChI=1S/C19H13BrClF3N4O2/c1-18(8-25,9-28-7-10-2-5-14(21)15(20)16(10)27-28)13-6-11(30-19(22,23)24)3-4-12(13)17(26)29/h2-7H,9H2,1H3,(H2,26,29). The van der Waals surface area contributed by atoms with Gasteiger partial charge in [-0.05, 0) is 58.7 Å². The predicted molar refractivity (Wildman–Crippen MR) is 107 cm³/mol. The number of alkyl halides is 3. The van der Waals surface area contributed by atoms with Crippen LogP contribution in [0.15, 0.2) is 41.0 Å². The van der Waals surface area contributed by atoms with Crippen molar-refractivity contribution < 1.29 is 22.7 Å². The average molecular weight is 502 g/mol. The van der Waals surface area contributed by atoms with Crippen LogP contribution in [0.25, 0.3) is 10.9 Å². The molecular weight excluding hydrogens is 489 g/mol. The Morgan fingerprint density at radius 3 is 2.67 bits per heavy atom. The normalized spacial score (nSPS) is 13.6. The van der Waals surface area contributed by atoms with Crippen molar-refractivity contribution in [1.29, 1.82) is 5.26 Å². The van der Waals surface area contributed by atoms with E-state index in [-0.39, 0.29) is 17.7 Å². The molecule has 0 aliphatic rings. The SMILES string of the molecule is CC(C#N)(Cn1cc2ccc(Cl)c(Br)c2n1)c1cc(OC(F)(F)F)ccc1C(N)=O. The van der Waals surface area contributed by atoms with Gasteiger partial charge in [0.15, 0.2) is 0 Å². The molecule has 3 aromatic rings. The quantitative estimate of drug-likeness (QED) is 0.536. The molecule has 0 spiro atoms. The molecule has 0 radical (unpaired) electrons. The molecule has 1 unspecified atom stereocenters. The summed E-state index contributed by atoms with van der Waals surface area (Å²) in [4.78, 5) is 11.9. The first-order chi connectivity index (χ1) is 13.9. The zero-order chi connectivity index (χ0) is 22.3. The fourth-order valence-electron chi connectivity index (χ4n) is 3.06. The molecule has 11 heteroatoms. The van der Waals surface area contributed by atoms with Crippen molar-refractivity contribution in [2.45, 2.75) is 25.2 Å². The molecule has 2 aromatic carbocycles. The molecule has 0 saturated carbocycles. The first-order valence-corrected chi connectivity index (χ1v) is 9.53. The number of hydrogen-bond donors (Lipinski definition) is 1. The zero-order valence-corrected chi connectivity index (χ0v) is 17.6. The monoisotopic (exact) mass is 500 g/mol. The van der Waals surface area contributed by atoms with Crippen molar-refractivity contribution in [2.75, 3.05) is 0 Å². The topological polar surface area (TPSA) is 93.9 Å². The number of nitrogens with zero attached hydrogens (tertiary/aromatic N) is 3. The number of primary amides is 1. The van der Waals surface area contributed by atoms with E-state index in [0.717, 1.165) is 23.6 Å². The second kappa shape index (κ2) is 7.81. The number of carbonyl (C=O) groups excluding carboxylic acids is 1. The smallest absolute Gasteiger partial charge is 0.406 e. The highest BCUT2D eigenvalue weighted by Crippen LogP contribution is 2.35. The van der Waals surface area contributed by atoms with Crippen LogP contribution in [0, 0.1) is 11.3 Å². The van der Waals surface area contributed by atoms with Gasteiger partial charge in [0.25, 0.3) is 0 Å². The van der Waals surface area contributed by atoms with Crippen molar-refractivity contribution in [1.82, 2.24) is 9.78 Å². The average Bonchev–Trinajstić information content (AvgIpc) is 3.06. The van der Waals surface area contributed by atoms with Crippen LogP contribution in [0.2, 0.25) is 5.02 Å². The number of ether oxygens (including phenoxy) is 1. The molecule has 0 saturated heterocycles. The number of benzene rings is 2. The Morgan fingerprint density at radius 2 is 2.07 bits per heavy atom. The zero-order valence-electron chi connectivity index (χ0n) is 15.3. The number of hydrogen-bond acceptors (Lipinski definition) is 4. The molecule has 0 aliphatic heterocycles. The third kappa shape index (κ3) is 4.37. The number of aromatic nitrogens is 2. The molecule has 1 heterocycles. The molecule has 2 N–H and O–H groups in total. The maximum Gasteiger partial charge on any atom is 0.573 e. The summed E-state index contributed by atoms with van der Waals surface area (Å²) in [5, 5.41) is 15.4. The summed E-state index contributed by atoms with van der Waals surface area (Å²) in [7, 11) is 0. The molecule has 0 bridgehead atoms. The Bertz CT molecular complexity index is 1190. The van der Waals surface area contributed by atoms with Gasteiger partial charge in [-0.15, -0.1) is 13.2 Å². The summed E-state index contributed by atoms with van der Waals surface area (Å²) < 4.78 is 43.9. The van der Waals surface area contributed by atoms with E-state index in [9.17, 15) is 23.2 Å². The van der Waals surface area contributed by atoms with Crippen LogP contribution in [-0.2, 0) is 12.0 Å². The van der Waals surface area contributed by atoms with Gasteiger partial charge >= 0.3 is 6.36 Å². The third-order valence-corrected chi connectivity index (χ3v) is 5.77. The molecule has 1 amide bonds. The molecule has 156 valence electrons. The minimum atomic E-state index is -4.93. The Morgan fingerprint density at radius 1 is 1.37 bits per heavy atom. The molecule has 6 nitrogen and oxygen atoms in total. The van der Waals surface area contributed by atoms with Gasteiger partial charge in [0.1, 0.15) is 11.3 Å². The van der Waals surface area contributed by atoms with Crippen molar-refractivity contribution in [3.8, 4) is 11.8 Å². The molecule has 1 aromatic heterocycles. The first kappa shape index (κ1) is 21.9. The summed E-state index contributed by atoms with van der Waals surface area (Å²) in [6, 6.07) is 8.53.